The zero-order valence-corrected chi connectivity index (χ0v) is 12.9. The van der Waals surface area contributed by atoms with Crippen LogP contribution in [0.1, 0.15) is 59.3 Å². The second-order valence-corrected chi connectivity index (χ2v) is 5.17. The van der Waals surface area contributed by atoms with Gasteiger partial charge in [0.15, 0.2) is 0 Å². The molecule has 112 valence electrons. The summed E-state index contributed by atoms with van der Waals surface area (Å²) in [6.45, 7) is 6.39. The highest BCUT2D eigenvalue weighted by Crippen LogP contribution is 2.47. The van der Waals surface area contributed by atoms with Crippen LogP contribution in [0.25, 0.3) is 0 Å². The number of carbonyl (C=O) groups excluding carboxylic acids is 1. The van der Waals surface area contributed by atoms with Crippen LogP contribution in [-0.4, -0.2) is 23.8 Å². The van der Waals surface area contributed by atoms with Gasteiger partial charge in [-0.05, 0) is 32.6 Å². The van der Waals surface area contributed by atoms with Crippen molar-refractivity contribution in [3.05, 3.63) is 11.1 Å². The van der Waals surface area contributed by atoms with Crippen molar-refractivity contribution in [2.45, 2.75) is 65.4 Å². The largest absolute Gasteiger partial charge is 0.456 e. The zero-order valence-electron chi connectivity index (χ0n) is 12.9. The highest BCUT2D eigenvalue weighted by Gasteiger charge is 2.39. The molecule has 1 aliphatic carbocycles. The van der Waals surface area contributed by atoms with Crippen LogP contribution >= 0.6 is 0 Å². The molecule has 0 saturated heterocycles. The van der Waals surface area contributed by atoms with Gasteiger partial charge >= 0.3 is 5.97 Å². The second kappa shape index (κ2) is 8.81. The molecule has 1 aliphatic rings. The normalized spacial score (nSPS) is 15.6. The van der Waals surface area contributed by atoms with Crippen molar-refractivity contribution in [2.75, 3.05) is 6.61 Å². The summed E-state index contributed by atoms with van der Waals surface area (Å²) in [5.41, 5.74) is 2.73. The Bertz CT molecular complexity index is 394. The molecule has 0 aliphatic heterocycles. The molecular weight excluding hydrogens is 252 g/mol. The van der Waals surface area contributed by atoms with Crippen molar-refractivity contribution < 1.29 is 14.6 Å². The van der Waals surface area contributed by atoms with Crippen molar-refractivity contribution in [3.8, 4) is 11.8 Å². The van der Waals surface area contributed by atoms with E-state index in [1.54, 1.807) is 6.92 Å². The molecule has 0 aromatic carbocycles. The molecule has 20 heavy (non-hydrogen) atoms. The predicted octanol–water partition coefficient (Wildman–Crippen LogP) is 3.22. The third-order valence-corrected chi connectivity index (χ3v) is 3.59. The Morgan fingerprint density at radius 3 is 2.20 bits per heavy atom. The van der Waals surface area contributed by atoms with Crippen LogP contribution in [-0.2, 0) is 9.53 Å². The molecule has 0 fully saturated rings. The molecule has 0 aromatic heterocycles. The van der Waals surface area contributed by atoms with Crippen molar-refractivity contribution >= 4 is 5.97 Å². The summed E-state index contributed by atoms with van der Waals surface area (Å²) in [6, 6.07) is 0. The minimum Gasteiger partial charge on any atom is -0.456 e. The first-order valence-corrected chi connectivity index (χ1v) is 7.73. The van der Waals surface area contributed by atoms with Gasteiger partial charge in [-0.1, -0.05) is 43.8 Å². The Hall–Kier alpha value is -1.27. The predicted molar refractivity (Wildman–Crippen MR) is 80.0 cm³/mol. The minimum absolute atomic E-state index is 0.0926. The lowest BCUT2D eigenvalue weighted by atomic mass is 10.1. The molecule has 0 aromatic rings. The van der Waals surface area contributed by atoms with E-state index in [0.29, 0.717) is 6.61 Å². The number of esters is 1. The Morgan fingerprint density at radius 1 is 1.20 bits per heavy atom. The van der Waals surface area contributed by atoms with Crippen molar-refractivity contribution in [2.24, 2.45) is 5.92 Å². The fraction of sp³-hybridized carbons (Fsp3) is 0.706. The average molecular weight is 278 g/mol. The Balaban J connectivity index is 2.54. The van der Waals surface area contributed by atoms with Crippen molar-refractivity contribution in [3.63, 3.8) is 0 Å². The molecule has 1 unspecified atom stereocenters. The molecule has 1 atom stereocenters. The van der Waals surface area contributed by atoms with Gasteiger partial charge in [-0.15, -0.1) is 0 Å². The van der Waals surface area contributed by atoms with E-state index in [2.05, 4.69) is 25.7 Å². The van der Waals surface area contributed by atoms with Gasteiger partial charge in [0.05, 0.1) is 6.61 Å². The van der Waals surface area contributed by atoms with Gasteiger partial charge in [-0.25, -0.2) is 4.79 Å². The van der Waals surface area contributed by atoms with Gasteiger partial charge in [0.2, 0.25) is 0 Å². The van der Waals surface area contributed by atoms with Crippen molar-refractivity contribution in [1.82, 2.24) is 0 Å². The van der Waals surface area contributed by atoms with E-state index < -0.39 is 12.1 Å². The van der Waals surface area contributed by atoms with E-state index in [0.717, 1.165) is 38.5 Å². The number of aliphatic hydroxyl groups is 1. The van der Waals surface area contributed by atoms with Gasteiger partial charge in [0.1, 0.15) is 6.10 Å². The van der Waals surface area contributed by atoms with E-state index in [1.807, 2.05) is 0 Å². The van der Waals surface area contributed by atoms with Gasteiger partial charge in [-0.3, -0.25) is 0 Å². The first kappa shape index (κ1) is 16.8. The van der Waals surface area contributed by atoms with Gasteiger partial charge < -0.3 is 9.84 Å². The van der Waals surface area contributed by atoms with E-state index in [4.69, 9.17) is 4.74 Å². The topological polar surface area (TPSA) is 46.5 Å². The summed E-state index contributed by atoms with van der Waals surface area (Å²) in [6.07, 6.45) is 5.97. The van der Waals surface area contributed by atoms with Crippen molar-refractivity contribution in [1.29, 1.82) is 0 Å². The molecule has 3 heteroatoms. The Kier molecular flexibility index (Phi) is 7.40. The molecule has 0 heterocycles. The third kappa shape index (κ3) is 5.02. The monoisotopic (exact) mass is 278 g/mol. The molecule has 0 spiro atoms. The summed E-state index contributed by atoms with van der Waals surface area (Å²) in [4.78, 5) is 11.2. The lowest BCUT2D eigenvalue weighted by Gasteiger charge is -2.04. The molecule has 0 saturated carbocycles. The number of rotatable bonds is 8. The quantitative estimate of drug-likeness (QED) is 0.321. The van der Waals surface area contributed by atoms with Crippen LogP contribution in [0.2, 0.25) is 0 Å². The number of carbonyl (C=O) groups is 1. The standard InChI is InChI=1S/C17H26O3/c1-4-7-9-13-14(10-8-5-2)17(13)15(18)11-12-16(19)20-6-3/h15,17-18H,4-10H2,1-3H3. The summed E-state index contributed by atoms with van der Waals surface area (Å²) in [5.74, 6) is 4.54. The van der Waals surface area contributed by atoms with Crippen LogP contribution < -0.4 is 0 Å². The smallest absolute Gasteiger partial charge is 0.384 e. The number of unbranched alkanes of at least 4 members (excludes halogenated alkanes) is 2. The highest BCUT2D eigenvalue weighted by atomic mass is 16.5. The average Bonchev–Trinajstić information content (AvgIpc) is 3.13. The van der Waals surface area contributed by atoms with E-state index in [1.165, 1.54) is 11.1 Å². The first-order chi connectivity index (χ1) is 9.65. The number of hydrogen-bond donors (Lipinski definition) is 1. The fourth-order valence-electron chi connectivity index (χ4n) is 2.47. The summed E-state index contributed by atoms with van der Waals surface area (Å²) < 4.78 is 4.74. The minimum atomic E-state index is -0.752. The van der Waals surface area contributed by atoms with Crippen LogP contribution in [0, 0.1) is 17.8 Å². The Morgan fingerprint density at radius 2 is 1.75 bits per heavy atom. The molecule has 1 rings (SSSR count). The summed E-state index contributed by atoms with van der Waals surface area (Å²) in [7, 11) is 0. The summed E-state index contributed by atoms with van der Waals surface area (Å²) >= 11 is 0. The number of aliphatic hydroxyl groups excluding tert-OH is 1. The SMILES string of the molecule is CCCCC1=C(CCCC)C1C(O)C#CC(=O)OCC. The maximum absolute atomic E-state index is 11.2. The number of hydrogen-bond acceptors (Lipinski definition) is 3. The van der Waals surface area contributed by atoms with Crippen LogP contribution in [0.4, 0.5) is 0 Å². The van der Waals surface area contributed by atoms with E-state index in [9.17, 15) is 9.90 Å². The first-order valence-electron chi connectivity index (χ1n) is 7.73. The number of ether oxygens (including phenoxy) is 1. The molecule has 0 bridgehead atoms. The van der Waals surface area contributed by atoms with Gasteiger partial charge in [0, 0.05) is 11.8 Å². The Labute approximate surface area is 122 Å². The van der Waals surface area contributed by atoms with Crippen LogP contribution in [0.15, 0.2) is 11.1 Å². The molecule has 0 radical (unpaired) electrons. The molecule has 0 amide bonds. The third-order valence-electron chi connectivity index (χ3n) is 3.59. The van der Waals surface area contributed by atoms with Crippen LogP contribution in [0.3, 0.4) is 0 Å². The van der Waals surface area contributed by atoms with Crippen LogP contribution in [0.5, 0.6) is 0 Å². The maximum Gasteiger partial charge on any atom is 0.384 e. The lowest BCUT2D eigenvalue weighted by molar-refractivity contribution is -0.136. The molecule has 1 N–H and O–H groups in total. The van der Waals surface area contributed by atoms with Gasteiger partial charge in [0.25, 0.3) is 0 Å². The zero-order chi connectivity index (χ0) is 15.0. The second-order valence-electron chi connectivity index (χ2n) is 5.17. The van der Waals surface area contributed by atoms with E-state index in [-0.39, 0.29) is 5.92 Å². The fourth-order valence-corrected chi connectivity index (χ4v) is 2.47. The lowest BCUT2D eigenvalue weighted by Crippen LogP contribution is -2.11. The summed E-state index contributed by atoms with van der Waals surface area (Å²) in [5, 5.41) is 10.1. The molecular formula is C17H26O3. The highest BCUT2D eigenvalue weighted by molar-refractivity contribution is 5.88. The molecule has 3 nitrogen and oxygen atoms in total. The van der Waals surface area contributed by atoms with Gasteiger partial charge in [-0.2, -0.15) is 0 Å². The maximum atomic E-state index is 11.2. The van der Waals surface area contributed by atoms with E-state index >= 15 is 0 Å².